The quantitative estimate of drug-likeness (QED) is 0.802. The Balaban J connectivity index is 3.02. The highest BCUT2D eigenvalue weighted by atomic mass is 19.1. The van der Waals surface area contributed by atoms with E-state index >= 15 is 0 Å². The molecule has 1 amide bonds. The number of hydrogen-bond donors (Lipinski definition) is 2. The number of Topliss-reactive ketones (excluding diaryl/α,β-unsaturated/α-hetero) is 1. The zero-order valence-electron chi connectivity index (χ0n) is 9.29. The van der Waals surface area contributed by atoms with E-state index in [2.05, 4.69) is 0 Å². The van der Waals surface area contributed by atoms with Crippen molar-refractivity contribution in [1.29, 1.82) is 0 Å². The first-order valence-electron chi connectivity index (χ1n) is 4.83. The molecule has 18 heavy (non-hydrogen) atoms. The molecule has 1 rings (SSSR count). The number of hydrogen-bond acceptors (Lipinski definition) is 3. The molecular formula is C11H9F2NO4. The van der Waals surface area contributed by atoms with Crippen molar-refractivity contribution < 1.29 is 28.3 Å². The SMILES string of the molecule is CC(=O)CC(=O)Nc1cc(C(=O)O)c(F)cc1F. The maximum Gasteiger partial charge on any atom is 0.338 e. The summed E-state index contributed by atoms with van der Waals surface area (Å²) in [6, 6.07) is 1.01. The summed E-state index contributed by atoms with van der Waals surface area (Å²) < 4.78 is 26.3. The van der Waals surface area contributed by atoms with Crippen molar-refractivity contribution in [3.63, 3.8) is 0 Å². The van der Waals surface area contributed by atoms with Crippen LogP contribution in [0.1, 0.15) is 23.7 Å². The van der Waals surface area contributed by atoms with E-state index in [4.69, 9.17) is 5.11 Å². The number of carboxylic acids is 1. The number of ketones is 1. The molecule has 0 bridgehead atoms. The van der Waals surface area contributed by atoms with Crippen LogP contribution in [0.15, 0.2) is 12.1 Å². The summed E-state index contributed by atoms with van der Waals surface area (Å²) in [7, 11) is 0. The summed E-state index contributed by atoms with van der Waals surface area (Å²) in [6.07, 6.45) is -0.473. The third kappa shape index (κ3) is 3.34. The van der Waals surface area contributed by atoms with Crippen molar-refractivity contribution in [2.24, 2.45) is 0 Å². The molecule has 0 atom stereocenters. The Morgan fingerprint density at radius 1 is 1.22 bits per heavy atom. The molecule has 0 fully saturated rings. The van der Waals surface area contributed by atoms with E-state index in [1.807, 2.05) is 5.32 Å². The third-order valence-corrected chi connectivity index (χ3v) is 1.97. The predicted octanol–water partition coefficient (Wildman–Crippen LogP) is 1.58. The number of amides is 1. The second kappa shape index (κ2) is 5.35. The van der Waals surface area contributed by atoms with Crippen LogP contribution in [0.25, 0.3) is 0 Å². The fraction of sp³-hybridized carbons (Fsp3) is 0.182. The lowest BCUT2D eigenvalue weighted by Gasteiger charge is -2.07. The molecule has 7 heteroatoms. The van der Waals surface area contributed by atoms with E-state index in [1.165, 1.54) is 6.92 Å². The standard InChI is InChI=1S/C11H9F2NO4/c1-5(15)2-10(16)14-9-3-6(11(17)18)7(12)4-8(9)13/h3-4H,2H2,1H3,(H,14,16)(H,17,18). The van der Waals surface area contributed by atoms with Crippen LogP contribution in [0, 0.1) is 11.6 Å². The van der Waals surface area contributed by atoms with E-state index in [0.717, 1.165) is 0 Å². The number of rotatable bonds is 4. The average molecular weight is 257 g/mol. The van der Waals surface area contributed by atoms with Gasteiger partial charge in [0.25, 0.3) is 0 Å². The van der Waals surface area contributed by atoms with E-state index in [-0.39, 0.29) is 0 Å². The highest BCUT2D eigenvalue weighted by Gasteiger charge is 2.16. The minimum atomic E-state index is -1.59. The van der Waals surface area contributed by atoms with E-state index in [0.29, 0.717) is 12.1 Å². The van der Waals surface area contributed by atoms with Gasteiger partial charge in [-0.15, -0.1) is 0 Å². The molecular weight excluding hydrogens is 248 g/mol. The van der Waals surface area contributed by atoms with Gasteiger partial charge in [-0.3, -0.25) is 9.59 Å². The van der Waals surface area contributed by atoms with Gasteiger partial charge in [0.15, 0.2) is 0 Å². The topological polar surface area (TPSA) is 83.5 Å². The molecule has 96 valence electrons. The number of halogens is 2. The second-order valence-electron chi connectivity index (χ2n) is 3.54. The van der Waals surface area contributed by atoms with Crippen molar-refractivity contribution in [3.05, 3.63) is 29.3 Å². The normalized spacial score (nSPS) is 9.94. The van der Waals surface area contributed by atoms with Gasteiger partial charge < -0.3 is 10.4 Å². The summed E-state index contributed by atoms with van der Waals surface area (Å²) in [4.78, 5) is 32.5. The fourth-order valence-corrected chi connectivity index (χ4v) is 1.23. The van der Waals surface area contributed by atoms with Gasteiger partial charge in [-0.1, -0.05) is 0 Å². The van der Waals surface area contributed by atoms with Gasteiger partial charge >= 0.3 is 5.97 Å². The fourth-order valence-electron chi connectivity index (χ4n) is 1.23. The maximum atomic E-state index is 13.3. The lowest BCUT2D eigenvalue weighted by molar-refractivity contribution is -0.124. The van der Waals surface area contributed by atoms with Crippen LogP contribution in [0.4, 0.5) is 14.5 Å². The second-order valence-corrected chi connectivity index (χ2v) is 3.54. The summed E-state index contributed by atoms with van der Waals surface area (Å²) >= 11 is 0. The minimum absolute atomic E-state index is 0.354. The summed E-state index contributed by atoms with van der Waals surface area (Å²) in [6.45, 7) is 1.17. The molecule has 0 aliphatic carbocycles. The van der Waals surface area contributed by atoms with Crippen LogP contribution in [-0.2, 0) is 9.59 Å². The number of anilines is 1. The van der Waals surface area contributed by atoms with Crippen LogP contribution in [-0.4, -0.2) is 22.8 Å². The molecule has 5 nitrogen and oxygen atoms in total. The zero-order chi connectivity index (χ0) is 13.9. The molecule has 0 heterocycles. The highest BCUT2D eigenvalue weighted by molar-refractivity contribution is 6.04. The first-order valence-corrected chi connectivity index (χ1v) is 4.83. The molecule has 1 aromatic rings. The van der Waals surface area contributed by atoms with E-state index in [9.17, 15) is 23.2 Å². The number of carbonyl (C=O) groups excluding carboxylic acids is 2. The van der Waals surface area contributed by atoms with Crippen molar-refractivity contribution >= 4 is 23.3 Å². The average Bonchev–Trinajstić information content (AvgIpc) is 2.20. The van der Waals surface area contributed by atoms with Crippen molar-refractivity contribution in [1.82, 2.24) is 0 Å². The summed E-state index contributed by atoms with van der Waals surface area (Å²) in [5.41, 5.74) is -1.26. The lowest BCUT2D eigenvalue weighted by atomic mass is 10.1. The van der Waals surface area contributed by atoms with Crippen LogP contribution >= 0.6 is 0 Å². The predicted molar refractivity (Wildman–Crippen MR) is 57.2 cm³/mol. The Morgan fingerprint density at radius 3 is 2.33 bits per heavy atom. The number of nitrogens with one attached hydrogen (secondary N) is 1. The van der Waals surface area contributed by atoms with Gasteiger partial charge in [0, 0.05) is 6.07 Å². The Morgan fingerprint density at radius 2 is 1.83 bits per heavy atom. The number of carbonyl (C=O) groups is 3. The first kappa shape index (κ1) is 13.8. The van der Waals surface area contributed by atoms with Crippen LogP contribution in [0.3, 0.4) is 0 Å². The summed E-state index contributed by atoms with van der Waals surface area (Å²) in [5.74, 6) is -5.19. The largest absolute Gasteiger partial charge is 0.478 e. The van der Waals surface area contributed by atoms with Crippen molar-refractivity contribution in [2.45, 2.75) is 13.3 Å². The molecule has 0 saturated carbocycles. The molecule has 0 aliphatic rings. The lowest BCUT2D eigenvalue weighted by Crippen LogP contribution is -2.16. The molecule has 0 unspecified atom stereocenters. The van der Waals surface area contributed by atoms with Gasteiger partial charge in [-0.25, -0.2) is 13.6 Å². The summed E-state index contributed by atoms with van der Waals surface area (Å²) in [5, 5.41) is 10.6. The molecule has 0 radical (unpaired) electrons. The molecule has 2 N–H and O–H groups in total. The smallest absolute Gasteiger partial charge is 0.338 e. The zero-order valence-corrected chi connectivity index (χ0v) is 9.29. The molecule has 0 aromatic heterocycles. The van der Waals surface area contributed by atoms with Crippen LogP contribution < -0.4 is 5.32 Å². The monoisotopic (exact) mass is 257 g/mol. The van der Waals surface area contributed by atoms with Gasteiger partial charge in [0.1, 0.15) is 17.4 Å². The molecule has 0 aliphatic heterocycles. The van der Waals surface area contributed by atoms with E-state index in [1.54, 1.807) is 0 Å². The maximum absolute atomic E-state index is 13.3. The molecule has 0 spiro atoms. The number of aromatic carboxylic acids is 1. The van der Waals surface area contributed by atoms with Gasteiger partial charge in [-0.05, 0) is 13.0 Å². The van der Waals surface area contributed by atoms with Gasteiger partial charge in [-0.2, -0.15) is 0 Å². The minimum Gasteiger partial charge on any atom is -0.478 e. The Kier molecular flexibility index (Phi) is 4.09. The van der Waals surface area contributed by atoms with Crippen LogP contribution in [0.2, 0.25) is 0 Å². The number of benzene rings is 1. The highest BCUT2D eigenvalue weighted by Crippen LogP contribution is 2.19. The van der Waals surface area contributed by atoms with Crippen LogP contribution in [0.5, 0.6) is 0 Å². The Hall–Kier alpha value is -2.31. The van der Waals surface area contributed by atoms with Crippen molar-refractivity contribution in [3.8, 4) is 0 Å². The van der Waals surface area contributed by atoms with Gasteiger partial charge in [0.2, 0.25) is 5.91 Å². The van der Waals surface area contributed by atoms with Crippen molar-refractivity contribution in [2.75, 3.05) is 5.32 Å². The Labute approximate surface area is 100 Å². The Bertz CT molecular complexity index is 528. The van der Waals surface area contributed by atoms with E-state index < -0.39 is 47.0 Å². The number of carboxylic acid groups (broad SMARTS) is 1. The third-order valence-electron chi connectivity index (χ3n) is 1.97. The molecule has 1 aromatic carbocycles. The molecule has 0 saturated heterocycles. The first-order chi connectivity index (χ1) is 8.31. The van der Waals surface area contributed by atoms with Gasteiger partial charge in [0.05, 0.1) is 17.7 Å².